The van der Waals surface area contributed by atoms with E-state index in [1.807, 2.05) is 38.8 Å². The molecule has 7 heteroatoms. The van der Waals surface area contributed by atoms with Gasteiger partial charge in [-0.25, -0.2) is 4.98 Å². The van der Waals surface area contributed by atoms with E-state index in [2.05, 4.69) is 10.4 Å². The Labute approximate surface area is 165 Å². The number of hydrogen-bond donors (Lipinski definition) is 1. The maximum Gasteiger partial charge on any atom is 0.254 e. The van der Waals surface area contributed by atoms with Gasteiger partial charge in [-0.1, -0.05) is 13.8 Å². The number of aryl methyl sites for hydroxylation is 2. The van der Waals surface area contributed by atoms with E-state index in [-0.39, 0.29) is 23.8 Å². The van der Waals surface area contributed by atoms with E-state index >= 15 is 0 Å². The summed E-state index contributed by atoms with van der Waals surface area (Å²) < 4.78 is 1.77. The molecule has 2 aromatic rings. The molecule has 3 heterocycles. The Bertz CT molecular complexity index is 929. The van der Waals surface area contributed by atoms with Crippen LogP contribution in [0.3, 0.4) is 0 Å². The van der Waals surface area contributed by atoms with E-state index in [0.29, 0.717) is 18.0 Å². The van der Waals surface area contributed by atoms with Crippen LogP contribution in [0.5, 0.6) is 0 Å². The molecule has 1 N–H and O–H groups in total. The molecule has 7 nitrogen and oxygen atoms in total. The molecule has 28 heavy (non-hydrogen) atoms. The van der Waals surface area contributed by atoms with Gasteiger partial charge < -0.3 is 10.2 Å². The second-order valence-electron chi connectivity index (χ2n) is 8.53. The van der Waals surface area contributed by atoms with Gasteiger partial charge in [-0.15, -0.1) is 0 Å². The van der Waals surface area contributed by atoms with Crippen LogP contribution in [-0.4, -0.2) is 50.6 Å². The maximum absolute atomic E-state index is 13.5. The standard InChI is InChI=1S/C21H29N5O2/c1-12(2)20(27)22-15-6-5-9-26(11-15)21(28)16-10-17(14-7-8-14)23-19-18(16)13(3)24-25(19)4/h10,12,14-15H,5-9,11H2,1-4H3,(H,22,27). The molecule has 1 atom stereocenters. The molecule has 4 rings (SSSR count). The number of amides is 2. The van der Waals surface area contributed by atoms with Gasteiger partial charge in [0.15, 0.2) is 5.65 Å². The third-order valence-electron chi connectivity index (χ3n) is 5.79. The summed E-state index contributed by atoms with van der Waals surface area (Å²) in [5, 5.41) is 8.44. The fourth-order valence-corrected chi connectivity index (χ4v) is 4.04. The molecule has 0 radical (unpaired) electrons. The normalized spacial score (nSPS) is 20.0. The van der Waals surface area contributed by atoms with E-state index in [4.69, 9.17) is 4.98 Å². The van der Waals surface area contributed by atoms with Crippen molar-refractivity contribution in [3.8, 4) is 0 Å². The number of nitrogens with one attached hydrogen (secondary N) is 1. The Morgan fingerprint density at radius 1 is 1.25 bits per heavy atom. The number of nitrogens with zero attached hydrogens (tertiary/aromatic N) is 4. The van der Waals surface area contributed by atoms with Gasteiger partial charge in [0.25, 0.3) is 5.91 Å². The number of rotatable bonds is 4. The second-order valence-corrected chi connectivity index (χ2v) is 8.53. The minimum atomic E-state index is -0.0509. The van der Waals surface area contributed by atoms with Crippen LogP contribution < -0.4 is 5.32 Å². The van der Waals surface area contributed by atoms with Crippen LogP contribution in [0.25, 0.3) is 11.0 Å². The molecule has 0 spiro atoms. The van der Waals surface area contributed by atoms with Gasteiger partial charge in [-0.2, -0.15) is 5.10 Å². The van der Waals surface area contributed by atoms with Crippen LogP contribution in [0.2, 0.25) is 0 Å². The summed E-state index contributed by atoms with van der Waals surface area (Å²) in [6.07, 6.45) is 4.07. The Morgan fingerprint density at radius 3 is 2.68 bits per heavy atom. The van der Waals surface area contributed by atoms with Gasteiger partial charge >= 0.3 is 0 Å². The van der Waals surface area contributed by atoms with E-state index in [1.54, 1.807) is 4.68 Å². The zero-order valence-corrected chi connectivity index (χ0v) is 17.2. The van der Waals surface area contributed by atoms with Crippen LogP contribution in [0.4, 0.5) is 0 Å². The van der Waals surface area contributed by atoms with Gasteiger partial charge in [0.1, 0.15) is 0 Å². The van der Waals surface area contributed by atoms with Gasteiger partial charge in [0.2, 0.25) is 5.91 Å². The molecule has 1 aliphatic heterocycles. The minimum Gasteiger partial charge on any atom is -0.351 e. The highest BCUT2D eigenvalue weighted by Crippen LogP contribution is 2.40. The summed E-state index contributed by atoms with van der Waals surface area (Å²) in [6.45, 7) is 6.98. The van der Waals surface area contributed by atoms with E-state index in [9.17, 15) is 9.59 Å². The Kier molecular flexibility index (Phi) is 4.85. The molecule has 150 valence electrons. The number of likely N-dealkylation sites (tertiary alicyclic amines) is 1. The van der Waals surface area contributed by atoms with Crippen LogP contribution >= 0.6 is 0 Å². The average molecular weight is 383 g/mol. The quantitative estimate of drug-likeness (QED) is 0.880. The lowest BCUT2D eigenvalue weighted by Gasteiger charge is -2.33. The number of carbonyl (C=O) groups excluding carboxylic acids is 2. The molecular formula is C21H29N5O2. The van der Waals surface area contributed by atoms with Crippen molar-refractivity contribution >= 4 is 22.8 Å². The molecule has 0 bridgehead atoms. The Morgan fingerprint density at radius 2 is 2.00 bits per heavy atom. The lowest BCUT2D eigenvalue weighted by molar-refractivity contribution is -0.125. The van der Waals surface area contributed by atoms with Crippen LogP contribution in [-0.2, 0) is 11.8 Å². The van der Waals surface area contributed by atoms with Crippen molar-refractivity contribution in [1.82, 2.24) is 25.0 Å². The first-order valence-electron chi connectivity index (χ1n) is 10.3. The number of pyridine rings is 1. The maximum atomic E-state index is 13.5. The zero-order chi connectivity index (χ0) is 20.0. The van der Waals surface area contributed by atoms with Crippen molar-refractivity contribution in [2.75, 3.05) is 13.1 Å². The number of hydrogen-bond acceptors (Lipinski definition) is 4. The topological polar surface area (TPSA) is 80.1 Å². The van der Waals surface area contributed by atoms with Gasteiger partial charge in [0, 0.05) is 43.7 Å². The van der Waals surface area contributed by atoms with E-state index < -0.39 is 0 Å². The second kappa shape index (κ2) is 7.18. The summed E-state index contributed by atoms with van der Waals surface area (Å²) >= 11 is 0. The Balaban J connectivity index is 1.64. The predicted octanol–water partition coefficient (Wildman–Crippen LogP) is 2.53. The van der Waals surface area contributed by atoms with Gasteiger partial charge in [0.05, 0.1) is 16.6 Å². The van der Waals surface area contributed by atoms with Gasteiger partial charge in [-0.05, 0) is 38.7 Å². The predicted molar refractivity (Wildman–Crippen MR) is 107 cm³/mol. The molecule has 2 amide bonds. The van der Waals surface area contributed by atoms with Crippen molar-refractivity contribution in [3.63, 3.8) is 0 Å². The number of piperidine rings is 1. The fraction of sp³-hybridized carbons (Fsp3) is 0.619. The van der Waals surface area contributed by atoms with E-state index in [0.717, 1.165) is 54.6 Å². The largest absolute Gasteiger partial charge is 0.351 e. The lowest BCUT2D eigenvalue weighted by atomic mass is 10.0. The summed E-state index contributed by atoms with van der Waals surface area (Å²) in [6, 6.07) is 2.00. The molecule has 1 unspecified atom stereocenters. The molecule has 2 aromatic heterocycles. The monoisotopic (exact) mass is 383 g/mol. The molecule has 0 aromatic carbocycles. The smallest absolute Gasteiger partial charge is 0.254 e. The lowest BCUT2D eigenvalue weighted by Crippen LogP contribution is -2.50. The highest BCUT2D eigenvalue weighted by molar-refractivity contribution is 6.06. The molecule has 2 aliphatic rings. The molecule has 2 fully saturated rings. The van der Waals surface area contributed by atoms with Crippen molar-refractivity contribution in [1.29, 1.82) is 0 Å². The summed E-state index contributed by atoms with van der Waals surface area (Å²) in [7, 11) is 1.88. The van der Waals surface area contributed by atoms with Crippen LogP contribution in [0, 0.1) is 12.8 Å². The van der Waals surface area contributed by atoms with Crippen molar-refractivity contribution in [2.45, 2.75) is 58.4 Å². The first-order chi connectivity index (χ1) is 13.3. The highest BCUT2D eigenvalue weighted by Gasteiger charge is 2.31. The fourth-order valence-electron chi connectivity index (χ4n) is 4.04. The summed E-state index contributed by atoms with van der Waals surface area (Å²) in [5.41, 5.74) is 3.32. The van der Waals surface area contributed by atoms with Crippen LogP contribution in [0.15, 0.2) is 6.07 Å². The molecule has 1 saturated carbocycles. The Hall–Kier alpha value is -2.44. The molecule has 1 aliphatic carbocycles. The third kappa shape index (κ3) is 3.50. The minimum absolute atomic E-state index is 0.0165. The first kappa shape index (κ1) is 18.9. The summed E-state index contributed by atoms with van der Waals surface area (Å²) in [5.74, 6) is 0.481. The first-order valence-corrected chi connectivity index (χ1v) is 10.3. The molecule has 1 saturated heterocycles. The number of carbonyl (C=O) groups is 2. The molecular weight excluding hydrogens is 354 g/mol. The van der Waals surface area contributed by atoms with Crippen molar-refractivity contribution in [2.24, 2.45) is 13.0 Å². The van der Waals surface area contributed by atoms with Crippen molar-refractivity contribution < 1.29 is 9.59 Å². The average Bonchev–Trinajstić information content (AvgIpc) is 3.47. The van der Waals surface area contributed by atoms with Gasteiger partial charge in [-0.3, -0.25) is 14.3 Å². The highest BCUT2D eigenvalue weighted by atomic mass is 16.2. The van der Waals surface area contributed by atoms with Crippen molar-refractivity contribution in [3.05, 3.63) is 23.0 Å². The zero-order valence-electron chi connectivity index (χ0n) is 17.2. The van der Waals surface area contributed by atoms with E-state index in [1.165, 1.54) is 0 Å². The number of fused-ring (bicyclic) bond motifs is 1. The SMILES string of the molecule is Cc1nn(C)c2nc(C3CC3)cc(C(=O)N3CCCC(NC(=O)C(C)C)C3)c12. The summed E-state index contributed by atoms with van der Waals surface area (Å²) in [4.78, 5) is 32.2. The number of aromatic nitrogens is 3. The van der Waals surface area contributed by atoms with Crippen LogP contribution in [0.1, 0.15) is 67.2 Å². The third-order valence-corrected chi connectivity index (χ3v) is 5.79.